The number of carbonyl (C=O) groups excluding carboxylic acids is 3. The van der Waals surface area contributed by atoms with Crippen LogP contribution in [0.4, 0.5) is 4.79 Å². The average Bonchev–Trinajstić information content (AvgIpc) is 2.97. The van der Waals surface area contributed by atoms with Crippen molar-refractivity contribution in [3.05, 3.63) is 64.1 Å². The number of aromatic carboxylic acids is 1. The van der Waals surface area contributed by atoms with E-state index < -0.39 is 17.1 Å². The van der Waals surface area contributed by atoms with Crippen LogP contribution < -0.4 is 19.9 Å². The van der Waals surface area contributed by atoms with Gasteiger partial charge in [-0.1, -0.05) is 36.4 Å². The Hall–Kier alpha value is -3.26. The quantitative estimate of drug-likeness (QED) is 0.759. The highest BCUT2D eigenvalue weighted by Gasteiger charge is 2.25. The van der Waals surface area contributed by atoms with Crippen LogP contribution in [-0.4, -0.2) is 24.2 Å². The van der Waals surface area contributed by atoms with Crippen molar-refractivity contribution in [1.29, 1.82) is 0 Å². The molecule has 1 aliphatic rings. The number of nitrogens with one attached hydrogen (secondary N) is 1. The second-order valence-corrected chi connectivity index (χ2v) is 6.52. The number of hydrogen-bond acceptors (Lipinski definition) is 7. The molecule has 0 radical (unpaired) electrons. The van der Waals surface area contributed by atoms with Crippen LogP contribution in [0, 0.1) is 0 Å². The molecule has 1 aliphatic heterocycles. The Bertz CT molecular complexity index is 936. The van der Waals surface area contributed by atoms with E-state index in [0.29, 0.717) is 17.1 Å². The summed E-state index contributed by atoms with van der Waals surface area (Å²) in [6.07, 6.45) is 1.56. The molecule has 7 nitrogen and oxygen atoms in total. The van der Waals surface area contributed by atoms with E-state index >= 15 is 0 Å². The van der Waals surface area contributed by atoms with Gasteiger partial charge < -0.3 is 19.4 Å². The number of para-hydroxylation sites is 1. The van der Waals surface area contributed by atoms with Gasteiger partial charge in [-0.15, -0.1) is 0 Å². The number of imide groups is 1. The van der Waals surface area contributed by atoms with Crippen molar-refractivity contribution in [2.24, 2.45) is 0 Å². The summed E-state index contributed by atoms with van der Waals surface area (Å²) in [5.74, 6) is -0.839. The Morgan fingerprint density at radius 3 is 2.52 bits per heavy atom. The third kappa shape index (κ3) is 4.29. The minimum Gasteiger partial charge on any atom is -0.545 e. The summed E-state index contributed by atoms with van der Waals surface area (Å²) < 4.78 is 11.2. The van der Waals surface area contributed by atoms with Gasteiger partial charge in [-0.25, -0.2) is 0 Å². The molecule has 2 amide bonds. The highest BCUT2D eigenvalue weighted by atomic mass is 32.2. The van der Waals surface area contributed by atoms with E-state index in [2.05, 4.69) is 5.32 Å². The first kappa shape index (κ1) is 18.5. The van der Waals surface area contributed by atoms with Crippen molar-refractivity contribution in [3.63, 3.8) is 0 Å². The van der Waals surface area contributed by atoms with Crippen LogP contribution in [0.3, 0.4) is 0 Å². The van der Waals surface area contributed by atoms with Crippen LogP contribution in [-0.2, 0) is 11.4 Å². The van der Waals surface area contributed by atoms with E-state index in [0.717, 1.165) is 17.3 Å². The van der Waals surface area contributed by atoms with E-state index in [1.165, 1.54) is 19.2 Å². The fraction of sp³-hybridized carbons (Fsp3) is 0.105. The first-order chi connectivity index (χ1) is 13.0. The predicted molar refractivity (Wildman–Crippen MR) is 97.2 cm³/mol. The summed E-state index contributed by atoms with van der Waals surface area (Å²) in [5.41, 5.74) is 1.40. The molecule has 0 unspecified atom stereocenters. The molecular weight excluding hydrogens is 370 g/mol. The van der Waals surface area contributed by atoms with Crippen molar-refractivity contribution in [1.82, 2.24) is 5.32 Å². The van der Waals surface area contributed by atoms with E-state index in [9.17, 15) is 19.5 Å². The number of carbonyl (C=O) groups is 3. The second kappa shape index (κ2) is 7.96. The first-order valence-corrected chi connectivity index (χ1v) is 8.64. The number of benzene rings is 2. The smallest absolute Gasteiger partial charge is 0.290 e. The summed E-state index contributed by atoms with van der Waals surface area (Å²) in [6, 6.07) is 11.3. The van der Waals surface area contributed by atoms with Gasteiger partial charge in [0, 0.05) is 5.56 Å². The Labute approximate surface area is 159 Å². The average molecular weight is 384 g/mol. The van der Waals surface area contributed by atoms with Crippen molar-refractivity contribution in [2.45, 2.75) is 6.61 Å². The van der Waals surface area contributed by atoms with Crippen LogP contribution in [0.5, 0.6) is 11.5 Å². The fourth-order valence-electron chi connectivity index (χ4n) is 2.42. The monoisotopic (exact) mass is 384 g/mol. The SMILES string of the molecule is COc1cccc(/C=C2\SC(=O)NC2=O)c1OCc1ccc(C(=O)[O-])cc1. The summed E-state index contributed by atoms with van der Waals surface area (Å²) in [6.45, 7) is 0.155. The fourth-order valence-corrected chi connectivity index (χ4v) is 3.09. The number of rotatable bonds is 6. The van der Waals surface area contributed by atoms with E-state index in [4.69, 9.17) is 9.47 Å². The third-order valence-corrected chi connectivity index (χ3v) is 4.54. The Morgan fingerprint density at radius 2 is 1.93 bits per heavy atom. The van der Waals surface area contributed by atoms with Gasteiger partial charge in [0.05, 0.1) is 18.0 Å². The van der Waals surface area contributed by atoms with Gasteiger partial charge in [0.15, 0.2) is 11.5 Å². The molecule has 0 bridgehead atoms. The molecule has 1 N–H and O–H groups in total. The molecule has 0 aromatic heterocycles. The molecule has 3 rings (SSSR count). The molecule has 0 atom stereocenters. The van der Waals surface area contributed by atoms with Crippen molar-refractivity contribution in [2.75, 3.05) is 7.11 Å². The summed E-state index contributed by atoms with van der Waals surface area (Å²) in [4.78, 5) is 34.2. The zero-order chi connectivity index (χ0) is 19.4. The Kier molecular flexibility index (Phi) is 5.46. The highest BCUT2D eigenvalue weighted by Crippen LogP contribution is 2.35. The molecule has 1 fully saturated rings. The summed E-state index contributed by atoms with van der Waals surface area (Å²) in [7, 11) is 1.49. The molecule has 0 saturated carbocycles. The first-order valence-electron chi connectivity index (χ1n) is 7.83. The lowest BCUT2D eigenvalue weighted by Crippen LogP contribution is -2.22. The van der Waals surface area contributed by atoms with Crippen LogP contribution in [0.25, 0.3) is 6.08 Å². The van der Waals surface area contributed by atoms with E-state index in [1.54, 1.807) is 36.4 Å². The van der Waals surface area contributed by atoms with Gasteiger partial charge in [-0.05, 0) is 35.0 Å². The lowest BCUT2D eigenvalue weighted by atomic mass is 10.1. The number of carboxylic acids is 1. The largest absolute Gasteiger partial charge is 0.545 e. The van der Waals surface area contributed by atoms with Gasteiger partial charge in [0.25, 0.3) is 11.1 Å². The van der Waals surface area contributed by atoms with Crippen molar-refractivity contribution < 1.29 is 29.0 Å². The summed E-state index contributed by atoms with van der Waals surface area (Å²) >= 11 is 0.813. The van der Waals surface area contributed by atoms with Gasteiger partial charge in [-0.2, -0.15) is 0 Å². The maximum Gasteiger partial charge on any atom is 0.290 e. The molecule has 2 aromatic rings. The number of thioether (sulfide) groups is 1. The van der Waals surface area contributed by atoms with Gasteiger partial charge in [0.2, 0.25) is 0 Å². The van der Waals surface area contributed by atoms with Crippen LogP contribution in [0.2, 0.25) is 0 Å². The Balaban J connectivity index is 1.85. The molecule has 8 heteroatoms. The van der Waals surface area contributed by atoms with Gasteiger partial charge in [-0.3, -0.25) is 14.9 Å². The van der Waals surface area contributed by atoms with Gasteiger partial charge in [0.1, 0.15) is 6.61 Å². The standard InChI is InChI=1S/C19H15NO6S/c1-25-14-4-2-3-13(9-15-17(21)20-19(24)27-15)16(14)26-10-11-5-7-12(8-6-11)18(22)23/h2-9H,10H2,1H3,(H,22,23)(H,20,21,24)/p-1/b15-9-. The third-order valence-electron chi connectivity index (χ3n) is 3.73. The topological polar surface area (TPSA) is 105 Å². The Morgan fingerprint density at radius 1 is 1.19 bits per heavy atom. The molecular formula is C19H14NO6S-. The van der Waals surface area contributed by atoms with E-state index in [-0.39, 0.29) is 17.1 Å². The normalized spacial score (nSPS) is 14.9. The highest BCUT2D eigenvalue weighted by molar-refractivity contribution is 8.18. The zero-order valence-corrected chi connectivity index (χ0v) is 15.0. The van der Waals surface area contributed by atoms with Crippen LogP contribution in [0.1, 0.15) is 21.5 Å². The molecule has 2 aromatic carbocycles. The number of hydrogen-bond donors (Lipinski definition) is 1. The molecule has 0 aliphatic carbocycles. The zero-order valence-electron chi connectivity index (χ0n) is 14.2. The van der Waals surface area contributed by atoms with Crippen molar-refractivity contribution in [3.8, 4) is 11.5 Å². The summed E-state index contributed by atoms with van der Waals surface area (Å²) in [5, 5.41) is 12.6. The number of ether oxygens (including phenoxy) is 2. The predicted octanol–water partition coefficient (Wildman–Crippen LogP) is 1.96. The molecule has 1 saturated heterocycles. The van der Waals surface area contributed by atoms with E-state index in [1.807, 2.05) is 0 Å². The van der Waals surface area contributed by atoms with Crippen LogP contribution >= 0.6 is 11.8 Å². The second-order valence-electron chi connectivity index (χ2n) is 5.50. The molecule has 138 valence electrons. The molecule has 1 heterocycles. The number of methoxy groups -OCH3 is 1. The van der Waals surface area contributed by atoms with Crippen LogP contribution in [0.15, 0.2) is 47.4 Å². The van der Waals surface area contributed by atoms with Crippen molar-refractivity contribution >= 4 is 35.0 Å². The number of carboxylic acid groups (broad SMARTS) is 1. The maximum atomic E-state index is 11.8. The molecule has 0 spiro atoms. The van der Waals surface area contributed by atoms with Gasteiger partial charge >= 0.3 is 0 Å². The minimum absolute atomic E-state index is 0.0791. The minimum atomic E-state index is -1.25. The maximum absolute atomic E-state index is 11.8. The molecule has 27 heavy (non-hydrogen) atoms. The lowest BCUT2D eigenvalue weighted by Gasteiger charge is -2.14. The lowest BCUT2D eigenvalue weighted by molar-refractivity contribution is -0.255. The number of amides is 2.